The van der Waals surface area contributed by atoms with Gasteiger partial charge in [-0.15, -0.1) is 10.2 Å². The van der Waals surface area contributed by atoms with Gasteiger partial charge in [0.15, 0.2) is 11.5 Å². The molecule has 1 saturated carbocycles. The number of nitrogens with zero attached hydrogens (tertiary/aromatic N) is 5. The van der Waals surface area contributed by atoms with Crippen LogP contribution in [0.15, 0.2) is 30.9 Å². The molecular weight excluding hydrogens is 314 g/mol. The molecule has 0 aromatic carbocycles. The van der Waals surface area contributed by atoms with Crippen LogP contribution in [0.25, 0.3) is 5.82 Å². The van der Waals surface area contributed by atoms with Crippen molar-refractivity contribution in [2.45, 2.75) is 57.4 Å². The molecule has 2 aromatic rings. The Kier molecular flexibility index (Phi) is 4.76. The van der Waals surface area contributed by atoms with E-state index in [1.54, 1.807) is 23.2 Å². The lowest BCUT2D eigenvalue weighted by molar-refractivity contribution is 0.0704. The molecule has 1 atom stereocenters. The smallest absolute Gasteiger partial charge is 0.274 e. The molecule has 1 saturated heterocycles. The van der Waals surface area contributed by atoms with Gasteiger partial charge < -0.3 is 4.90 Å². The van der Waals surface area contributed by atoms with Gasteiger partial charge in [0.1, 0.15) is 6.33 Å². The molecule has 1 aliphatic carbocycles. The minimum absolute atomic E-state index is 0.0305. The first-order valence-electron chi connectivity index (χ1n) is 9.44. The second-order valence-corrected chi connectivity index (χ2v) is 7.28. The van der Waals surface area contributed by atoms with Crippen molar-refractivity contribution in [3.8, 4) is 5.82 Å². The first-order chi connectivity index (χ1) is 12.3. The van der Waals surface area contributed by atoms with Crippen molar-refractivity contribution in [3.63, 3.8) is 0 Å². The molecule has 4 rings (SSSR count). The Morgan fingerprint density at radius 2 is 1.96 bits per heavy atom. The highest BCUT2D eigenvalue weighted by Gasteiger charge is 2.32. The van der Waals surface area contributed by atoms with Crippen LogP contribution in [0.3, 0.4) is 0 Å². The summed E-state index contributed by atoms with van der Waals surface area (Å²) in [6.07, 6.45) is 15.3. The second kappa shape index (κ2) is 7.33. The predicted molar refractivity (Wildman–Crippen MR) is 94.4 cm³/mol. The topological polar surface area (TPSA) is 63.9 Å². The van der Waals surface area contributed by atoms with E-state index >= 15 is 0 Å². The molecule has 2 aliphatic rings. The number of hydrogen-bond donors (Lipinski definition) is 0. The van der Waals surface area contributed by atoms with Gasteiger partial charge in [-0.05, 0) is 37.3 Å². The quantitative estimate of drug-likeness (QED) is 0.858. The molecule has 25 heavy (non-hydrogen) atoms. The summed E-state index contributed by atoms with van der Waals surface area (Å²) in [6.45, 7) is 0.848. The molecule has 2 aromatic heterocycles. The summed E-state index contributed by atoms with van der Waals surface area (Å²) < 4.78 is 1.78. The van der Waals surface area contributed by atoms with Gasteiger partial charge in [0.2, 0.25) is 0 Å². The van der Waals surface area contributed by atoms with Gasteiger partial charge in [-0.1, -0.05) is 32.1 Å². The van der Waals surface area contributed by atoms with E-state index in [4.69, 9.17) is 0 Å². The zero-order valence-corrected chi connectivity index (χ0v) is 14.5. The van der Waals surface area contributed by atoms with Gasteiger partial charge in [-0.3, -0.25) is 9.36 Å². The fourth-order valence-corrected chi connectivity index (χ4v) is 4.27. The number of carbonyl (C=O) groups excluding carboxylic acids is 1. The van der Waals surface area contributed by atoms with Crippen molar-refractivity contribution in [2.24, 2.45) is 5.92 Å². The van der Waals surface area contributed by atoms with Gasteiger partial charge in [0.25, 0.3) is 5.91 Å². The predicted octanol–water partition coefficient (Wildman–Crippen LogP) is 3.24. The van der Waals surface area contributed by atoms with Gasteiger partial charge in [0, 0.05) is 25.0 Å². The molecule has 0 radical (unpaired) electrons. The van der Waals surface area contributed by atoms with Crippen molar-refractivity contribution in [2.75, 3.05) is 6.54 Å². The Bertz CT molecular complexity index is 691. The summed E-state index contributed by atoms with van der Waals surface area (Å²) in [5, 5.41) is 8.35. The molecule has 1 amide bonds. The van der Waals surface area contributed by atoms with Crippen LogP contribution in [0.1, 0.15) is 61.9 Å². The number of hydrogen-bond acceptors (Lipinski definition) is 4. The number of carbonyl (C=O) groups is 1. The average Bonchev–Trinajstić information content (AvgIpc) is 3.34. The van der Waals surface area contributed by atoms with Crippen LogP contribution >= 0.6 is 0 Å². The van der Waals surface area contributed by atoms with Gasteiger partial charge in [-0.25, -0.2) is 4.98 Å². The Morgan fingerprint density at radius 3 is 2.68 bits per heavy atom. The van der Waals surface area contributed by atoms with Crippen LogP contribution in [0.2, 0.25) is 0 Å². The fraction of sp³-hybridized carbons (Fsp3) is 0.579. The van der Waals surface area contributed by atoms with E-state index in [-0.39, 0.29) is 5.91 Å². The zero-order chi connectivity index (χ0) is 17.1. The van der Waals surface area contributed by atoms with E-state index in [1.807, 2.05) is 17.2 Å². The number of amides is 1. The summed E-state index contributed by atoms with van der Waals surface area (Å²) in [4.78, 5) is 18.9. The van der Waals surface area contributed by atoms with Crippen molar-refractivity contribution in [3.05, 3.63) is 36.5 Å². The maximum atomic E-state index is 12.9. The number of rotatable bonds is 4. The van der Waals surface area contributed by atoms with Crippen LogP contribution < -0.4 is 0 Å². The monoisotopic (exact) mass is 339 g/mol. The third-order valence-electron chi connectivity index (χ3n) is 5.61. The molecule has 0 spiro atoms. The van der Waals surface area contributed by atoms with E-state index < -0.39 is 0 Å². The van der Waals surface area contributed by atoms with E-state index in [1.165, 1.54) is 32.1 Å². The molecular formula is C19H25N5O. The van der Waals surface area contributed by atoms with Crippen molar-refractivity contribution >= 4 is 5.91 Å². The third-order valence-corrected chi connectivity index (χ3v) is 5.61. The lowest BCUT2D eigenvalue weighted by Crippen LogP contribution is -2.37. The maximum Gasteiger partial charge on any atom is 0.274 e. The minimum atomic E-state index is 0.0305. The highest BCUT2D eigenvalue weighted by Crippen LogP contribution is 2.32. The molecule has 0 N–H and O–H groups in total. The zero-order valence-electron chi connectivity index (χ0n) is 14.5. The molecule has 132 valence electrons. The molecule has 6 nitrogen and oxygen atoms in total. The van der Waals surface area contributed by atoms with Crippen LogP contribution in [0.5, 0.6) is 0 Å². The van der Waals surface area contributed by atoms with Crippen LogP contribution in [-0.2, 0) is 0 Å². The van der Waals surface area contributed by atoms with E-state index in [0.717, 1.165) is 31.7 Å². The van der Waals surface area contributed by atoms with Crippen LogP contribution in [-0.4, -0.2) is 43.1 Å². The fourth-order valence-electron chi connectivity index (χ4n) is 4.27. The molecule has 1 aliphatic heterocycles. The Morgan fingerprint density at radius 1 is 1.08 bits per heavy atom. The normalized spacial score (nSPS) is 21.6. The van der Waals surface area contributed by atoms with Crippen LogP contribution in [0.4, 0.5) is 0 Å². The molecule has 0 bridgehead atoms. The summed E-state index contributed by atoms with van der Waals surface area (Å²) in [7, 11) is 0. The van der Waals surface area contributed by atoms with Gasteiger partial charge in [0.05, 0.1) is 0 Å². The lowest BCUT2D eigenvalue weighted by Gasteiger charge is -2.30. The molecule has 2 fully saturated rings. The number of aromatic nitrogens is 4. The van der Waals surface area contributed by atoms with Crippen molar-refractivity contribution < 1.29 is 4.79 Å². The highest BCUT2D eigenvalue weighted by molar-refractivity contribution is 5.92. The summed E-state index contributed by atoms with van der Waals surface area (Å²) in [5.74, 6) is 1.50. The Labute approximate surface area is 148 Å². The largest absolute Gasteiger partial charge is 0.334 e. The van der Waals surface area contributed by atoms with E-state index in [2.05, 4.69) is 15.2 Å². The number of imidazole rings is 1. The first-order valence-corrected chi connectivity index (χ1v) is 9.44. The van der Waals surface area contributed by atoms with Crippen molar-refractivity contribution in [1.82, 2.24) is 24.6 Å². The lowest BCUT2D eigenvalue weighted by atomic mass is 9.84. The maximum absolute atomic E-state index is 12.9. The SMILES string of the molecule is O=C(c1ccc(-n2ccnc2)nn1)N1CCCC1CC1CCCCC1. The summed E-state index contributed by atoms with van der Waals surface area (Å²) in [5.41, 5.74) is 0.444. The van der Waals surface area contributed by atoms with Gasteiger partial charge >= 0.3 is 0 Å². The third kappa shape index (κ3) is 3.57. The minimum Gasteiger partial charge on any atom is -0.334 e. The van der Waals surface area contributed by atoms with Gasteiger partial charge in [-0.2, -0.15) is 0 Å². The van der Waals surface area contributed by atoms with E-state index in [9.17, 15) is 4.79 Å². The summed E-state index contributed by atoms with van der Waals surface area (Å²) >= 11 is 0. The second-order valence-electron chi connectivity index (χ2n) is 7.28. The number of likely N-dealkylation sites (tertiary alicyclic amines) is 1. The molecule has 3 heterocycles. The Hall–Kier alpha value is -2.24. The van der Waals surface area contributed by atoms with Crippen molar-refractivity contribution in [1.29, 1.82) is 0 Å². The molecule has 6 heteroatoms. The average molecular weight is 339 g/mol. The first kappa shape index (κ1) is 16.2. The Balaban J connectivity index is 1.43. The standard InChI is InChI=1S/C19H25N5O/c25-19(17-8-9-18(22-21-17)23-12-10-20-14-23)24-11-4-7-16(24)13-15-5-2-1-3-6-15/h8-10,12,14-16H,1-7,11,13H2. The highest BCUT2D eigenvalue weighted by atomic mass is 16.2. The van der Waals surface area contributed by atoms with Crippen LogP contribution in [0, 0.1) is 5.92 Å². The summed E-state index contributed by atoms with van der Waals surface area (Å²) in [6, 6.07) is 3.99. The molecule has 1 unspecified atom stereocenters. The van der Waals surface area contributed by atoms with E-state index in [0.29, 0.717) is 17.6 Å².